The van der Waals surface area contributed by atoms with Crippen LogP contribution in [0.3, 0.4) is 0 Å². The van der Waals surface area contributed by atoms with Crippen molar-refractivity contribution in [1.82, 2.24) is 5.32 Å². The summed E-state index contributed by atoms with van der Waals surface area (Å²) in [5.41, 5.74) is 1.15. The van der Waals surface area contributed by atoms with E-state index >= 15 is 0 Å². The first-order chi connectivity index (χ1) is 17.3. The fourth-order valence-electron chi connectivity index (χ4n) is 3.24. The zero-order chi connectivity index (χ0) is 27.3. The van der Waals surface area contributed by atoms with E-state index < -0.39 is 27.1 Å². The fourth-order valence-corrected chi connectivity index (χ4v) is 3.45. The molecule has 0 atom stereocenters. The summed E-state index contributed by atoms with van der Waals surface area (Å²) in [7, 11) is 0. The molecule has 3 rings (SSSR count). The Balaban J connectivity index is 1.61. The molecule has 0 aliphatic heterocycles. The Morgan fingerprint density at radius 1 is 0.730 bits per heavy atom. The molecule has 2 amide bonds. The standard InChI is InChI=1S/C25H23N5O6S/c1-25(2,3)17-6-4-15(5-7-17)22(31)26-18-8-10-19(11-9-18)27-24(37)28-23(32)16-12-20(29(33)34)14-21(13-16)30(35)36/h4-14H,1-3H3,(H,26,31)(H2,27,28,32,37). The van der Waals surface area contributed by atoms with Crippen LogP contribution in [0, 0.1) is 20.2 Å². The largest absolute Gasteiger partial charge is 0.332 e. The van der Waals surface area contributed by atoms with Crippen LogP contribution in [-0.4, -0.2) is 26.8 Å². The first kappa shape index (κ1) is 26.9. The zero-order valence-electron chi connectivity index (χ0n) is 20.1. The summed E-state index contributed by atoms with van der Waals surface area (Å²) in [6.07, 6.45) is 0. The molecule has 3 aromatic rings. The fraction of sp³-hybridized carbons (Fsp3) is 0.160. The van der Waals surface area contributed by atoms with Gasteiger partial charge in [0.15, 0.2) is 5.11 Å². The third kappa shape index (κ3) is 7.15. The van der Waals surface area contributed by atoms with Crippen molar-refractivity contribution in [2.24, 2.45) is 0 Å². The number of carbonyl (C=O) groups is 2. The first-order valence-corrected chi connectivity index (χ1v) is 11.3. The van der Waals surface area contributed by atoms with Crippen molar-refractivity contribution in [3.63, 3.8) is 0 Å². The van der Waals surface area contributed by atoms with Gasteiger partial charge in [-0.15, -0.1) is 0 Å². The molecule has 0 saturated carbocycles. The van der Waals surface area contributed by atoms with Crippen LogP contribution in [0.2, 0.25) is 0 Å². The lowest BCUT2D eigenvalue weighted by atomic mass is 9.87. The van der Waals surface area contributed by atoms with Gasteiger partial charge in [-0.25, -0.2) is 0 Å². The minimum absolute atomic E-state index is 0.0189. The predicted octanol–water partition coefficient (Wildman–Crippen LogP) is 5.18. The number of hydrogen-bond donors (Lipinski definition) is 3. The van der Waals surface area contributed by atoms with Crippen molar-refractivity contribution in [3.05, 3.63) is 104 Å². The third-order valence-corrected chi connectivity index (χ3v) is 5.43. The SMILES string of the molecule is CC(C)(C)c1ccc(C(=O)Nc2ccc(NC(=S)NC(=O)c3cc([N+](=O)[O-])cc([N+](=O)[O-])c3)cc2)cc1. The summed E-state index contributed by atoms with van der Waals surface area (Å²) in [4.78, 5) is 45.4. The molecule has 0 radical (unpaired) electrons. The van der Waals surface area contributed by atoms with Crippen molar-refractivity contribution in [3.8, 4) is 0 Å². The van der Waals surface area contributed by atoms with Crippen molar-refractivity contribution >= 4 is 51.9 Å². The predicted molar refractivity (Wildman–Crippen MR) is 143 cm³/mol. The summed E-state index contributed by atoms with van der Waals surface area (Å²) in [5.74, 6) is -1.12. The lowest BCUT2D eigenvalue weighted by Gasteiger charge is -2.19. The van der Waals surface area contributed by atoms with E-state index in [1.54, 1.807) is 36.4 Å². The molecule has 11 nitrogen and oxygen atoms in total. The molecule has 0 aromatic heterocycles. The van der Waals surface area contributed by atoms with Gasteiger partial charge in [0.05, 0.1) is 21.5 Å². The van der Waals surface area contributed by atoms with E-state index in [2.05, 4.69) is 36.7 Å². The molecule has 0 spiro atoms. The highest BCUT2D eigenvalue weighted by molar-refractivity contribution is 7.80. The van der Waals surface area contributed by atoms with Gasteiger partial charge >= 0.3 is 0 Å². The molecule has 12 heteroatoms. The summed E-state index contributed by atoms with van der Waals surface area (Å²) < 4.78 is 0. The number of non-ortho nitro benzene ring substituents is 2. The van der Waals surface area contributed by atoms with Crippen LogP contribution in [0.25, 0.3) is 0 Å². The first-order valence-electron chi connectivity index (χ1n) is 10.9. The second-order valence-corrected chi connectivity index (χ2v) is 9.43. The van der Waals surface area contributed by atoms with Gasteiger partial charge in [0.25, 0.3) is 23.2 Å². The van der Waals surface area contributed by atoms with Crippen molar-refractivity contribution in [2.45, 2.75) is 26.2 Å². The average molecular weight is 522 g/mol. The highest BCUT2D eigenvalue weighted by atomic mass is 32.1. The summed E-state index contributed by atoms with van der Waals surface area (Å²) in [6.45, 7) is 6.28. The topological polar surface area (TPSA) is 157 Å². The Bertz CT molecular complexity index is 1350. The number of nitro groups is 2. The molecule has 0 heterocycles. The van der Waals surface area contributed by atoms with Crippen LogP contribution in [0.4, 0.5) is 22.7 Å². The summed E-state index contributed by atoms with van der Waals surface area (Å²) in [5, 5.41) is 29.8. The molecule has 0 saturated heterocycles. The maximum absolute atomic E-state index is 12.5. The number of amides is 2. The summed E-state index contributed by atoms with van der Waals surface area (Å²) >= 11 is 5.10. The van der Waals surface area contributed by atoms with Gasteiger partial charge in [-0.3, -0.25) is 35.1 Å². The Hall–Kier alpha value is -4.71. The smallest absolute Gasteiger partial charge is 0.277 e. The highest BCUT2D eigenvalue weighted by Gasteiger charge is 2.20. The van der Waals surface area contributed by atoms with Crippen LogP contribution in [0.5, 0.6) is 0 Å². The number of nitrogens with zero attached hydrogens (tertiary/aromatic N) is 2. The lowest BCUT2D eigenvalue weighted by Crippen LogP contribution is -2.34. The molecular formula is C25H23N5O6S. The number of anilines is 2. The van der Waals surface area contributed by atoms with Gasteiger partial charge in [0.1, 0.15) is 0 Å². The van der Waals surface area contributed by atoms with Crippen LogP contribution < -0.4 is 16.0 Å². The molecule has 3 N–H and O–H groups in total. The van der Waals surface area contributed by atoms with Gasteiger partial charge in [-0.2, -0.15) is 0 Å². The van der Waals surface area contributed by atoms with Gasteiger partial charge in [-0.1, -0.05) is 32.9 Å². The van der Waals surface area contributed by atoms with E-state index in [1.165, 1.54) is 0 Å². The van der Waals surface area contributed by atoms with Gasteiger partial charge in [0, 0.05) is 29.1 Å². The van der Waals surface area contributed by atoms with E-state index in [4.69, 9.17) is 12.2 Å². The molecule has 0 unspecified atom stereocenters. The number of benzene rings is 3. The van der Waals surface area contributed by atoms with Crippen molar-refractivity contribution in [1.29, 1.82) is 0 Å². The lowest BCUT2D eigenvalue weighted by molar-refractivity contribution is -0.394. The van der Waals surface area contributed by atoms with Gasteiger partial charge in [0.2, 0.25) is 0 Å². The molecule has 0 aliphatic rings. The second-order valence-electron chi connectivity index (χ2n) is 9.02. The molecule has 190 valence electrons. The minimum atomic E-state index is -0.856. The number of hydrogen-bond acceptors (Lipinski definition) is 7. The Labute approximate surface area is 217 Å². The molecule has 37 heavy (non-hydrogen) atoms. The number of carbonyl (C=O) groups excluding carboxylic acids is 2. The molecule has 0 fully saturated rings. The van der Waals surface area contributed by atoms with Crippen LogP contribution >= 0.6 is 12.2 Å². The highest BCUT2D eigenvalue weighted by Crippen LogP contribution is 2.24. The van der Waals surface area contributed by atoms with Crippen LogP contribution in [-0.2, 0) is 5.41 Å². The molecule has 0 aliphatic carbocycles. The van der Waals surface area contributed by atoms with E-state index in [0.29, 0.717) is 16.9 Å². The monoisotopic (exact) mass is 521 g/mol. The van der Waals surface area contributed by atoms with E-state index in [9.17, 15) is 29.8 Å². The van der Waals surface area contributed by atoms with E-state index in [1.807, 2.05) is 12.1 Å². The maximum Gasteiger partial charge on any atom is 0.277 e. The Kier molecular flexibility index (Phi) is 7.93. The maximum atomic E-state index is 12.5. The number of thiocarbonyl (C=S) groups is 1. The van der Waals surface area contributed by atoms with Crippen molar-refractivity contribution in [2.75, 3.05) is 10.6 Å². The Morgan fingerprint density at radius 3 is 1.68 bits per heavy atom. The summed E-state index contributed by atoms with van der Waals surface area (Å²) in [6, 6.07) is 16.5. The average Bonchev–Trinajstić information content (AvgIpc) is 2.84. The quantitative estimate of drug-likeness (QED) is 0.227. The van der Waals surface area contributed by atoms with E-state index in [-0.39, 0.29) is 22.0 Å². The van der Waals surface area contributed by atoms with E-state index in [0.717, 1.165) is 23.8 Å². The second kappa shape index (κ2) is 10.9. The number of rotatable bonds is 6. The number of nitrogens with one attached hydrogen (secondary N) is 3. The van der Waals surface area contributed by atoms with Gasteiger partial charge in [-0.05, 0) is 59.6 Å². The number of nitro benzene ring substituents is 2. The molecule has 0 bridgehead atoms. The molecular weight excluding hydrogens is 498 g/mol. The van der Waals surface area contributed by atoms with Crippen molar-refractivity contribution < 1.29 is 19.4 Å². The minimum Gasteiger partial charge on any atom is -0.332 e. The third-order valence-electron chi connectivity index (χ3n) is 5.23. The van der Waals surface area contributed by atoms with Gasteiger partial charge < -0.3 is 10.6 Å². The Morgan fingerprint density at radius 2 is 1.22 bits per heavy atom. The van der Waals surface area contributed by atoms with Crippen LogP contribution in [0.15, 0.2) is 66.7 Å². The van der Waals surface area contributed by atoms with Crippen LogP contribution in [0.1, 0.15) is 47.1 Å². The normalized spacial score (nSPS) is 10.8. The molecule has 3 aromatic carbocycles. The zero-order valence-corrected chi connectivity index (χ0v) is 20.9.